The summed E-state index contributed by atoms with van der Waals surface area (Å²) in [6.45, 7) is 5.62. The fourth-order valence-corrected chi connectivity index (χ4v) is 4.47. The van der Waals surface area contributed by atoms with E-state index in [-0.39, 0.29) is 0 Å². The SMILES string of the molecule is CCCNC(Cc1ccc(C)cc1)C1CC2CCC1C2. The maximum atomic E-state index is 3.86. The quantitative estimate of drug-likeness (QED) is 0.811. The molecular formula is C19H29N. The Morgan fingerprint density at radius 2 is 1.95 bits per heavy atom. The first-order chi connectivity index (χ1) is 9.76. The average Bonchev–Trinajstić information content (AvgIpc) is 3.08. The highest BCUT2D eigenvalue weighted by atomic mass is 14.9. The molecule has 0 saturated heterocycles. The van der Waals surface area contributed by atoms with E-state index in [0.717, 1.165) is 17.8 Å². The summed E-state index contributed by atoms with van der Waals surface area (Å²) in [4.78, 5) is 0. The number of fused-ring (bicyclic) bond motifs is 2. The van der Waals surface area contributed by atoms with E-state index in [1.54, 1.807) is 0 Å². The molecule has 2 aliphatic carbocycles. The molecule has 2 aliphatic rings. The summed E-state index contributed by atoms with van der Waals surface area (Å²) < 4.78 is 0. The first-order valence-corrected chi connectivity index (χ1v) is 8.55. The van der Waals surface area contributed by atoms with Gasteiger partial charge >= 0.3 is 0 Å². The zero-order valence-corrected chi connectivity index (χ0v) is 13.1. The minimum Gasteiger partial charge on any atom is -0.313 e. The van der Waals surface area contributed by atoms with Gasteiger partial charge in [-0.1, -0.05) is 43.2 Å². The van der Waals surface area contributed by atoms with Crippen molar-refractivity contribution in [1.29, 1.82) is 0 Å². The number of hydrogen-bond acceptors (Lipinski definition) is 1. The summed E-state index contributed by atoms with van der Waals surface area (Å²) in [5.74, 6) is 3.00. The van der Waals surface area contributed by atoms with Gasteiger partial charge in [0.05, 0.1) is 0 Å². The summed E-state index contributed by atoms with van der Waals surface area (Å²) >= 11 is 0. The number of rotatable bonds is 6. The molecule has 0 aliphatic heterocycles. The lowest BCUT2D eigenvalue weighted by Gasteiger charge is -2.31. The van der Waals surface area contributed by atoms with Crippen molar-refractivity contribution in [1.82, 2.24) is 5.32 Å². The molecule has 4 unspecified atom stereocenters. The zero-order chi connectivity index (χ0) is 13.9. The number of benzene rings is 1. The van der Waals surface area contributed by atoms with Crippen LogP contribution in [-0.4, -0.2) is 12.6 Å². The van der Waals surface area contributed by atoms with Crippen molar-refractivity contribution >= 4 is 0 Å². The Balaban J connectivity index is 1.67. The van der Waals surface area contributed by atoms with Gasteiger partial charge in [0.15, 0.2) is 0 Å². The molecule has 2 fully saturated rings. The van der Waals surface area contributed by atoms with Gasteiger partial charge in [0.25, 0.3) is 0 Å². The number of hydrogen-bond donors (Lipinski definition) is 1. The Morgan fingerprint density at radius 1 is 1.15 bits per heavy atom. The maximum absolute atomic E-state index is 3.86. The number of aryl methyl sites for hydroxylation is 1. The van der Waals surface area contributed by atoms with Crippen LogP contribution in [0.3, 0.4) is 0 Å². The van der Waals surface area contributed by atoms with Crippen molar-refractivity contribution < 1.29 is 0 Å². The highest BCUT2D eigenvalue weighted by molar-refractivity contribution is 5.22. The topological polar surface area (TPSA) is 12.0 Å². The molecule has 1 aromatic rings. The Morgan fingerprint density at radius 3 is 2.55 bits per heavy atom. The van der Waals surface area contributed by atoms with E-state index in [1.807, 2.05) is 0 Å². The normalized spacial score (nSPS) is 29.8. The first kappa shape index (κ1) is 14.1. The van der Waals surface area contributed by atoms with Gasteiger partial charge in [-0.15, -0.1) is 0 Å². The van der Waals surface area contributed by atoms with E-state index < -0.39 is 0 Å². The molecule has 110 valence electrons. The van der Waals surface area contributed by atoms with Crippen LogP contribution in [0.15, 0.2) is 24.3 Å². The monoisotopic (exact) mass is 271 g/mol. The van der Waals surface area contributed by atoms with Crippen LogP contribution in [0.1, 0.15) is 50.2 Å². The van der Waals surface area contributed by atoms with Crippen molar-refractivity contribution in [3.63, 3.8) is 0 Å². The van der Waals surface area contributed by atoms with E-state index in [2.05, 4.69) is 43.4 Å². The van der Waals surface area contributed by atoms with Crippen molar-refractivity contribution in [2.75, 3.05) is 6.54 Å². The van der Waals surface area contributed by atoms with Crippen molar-refractivity contribution in [3.8, 4) is 0 Å². The predicted octanol–water partition coefficient (Wildman–Crippen LogP) is 4.34. The van der Waals surface area contributed by atoms with Gasteiger partial charge in [-0.25, -0.2) is 0 Å². The van der Waals surface area contributed by atoms with E-state index in [1.165, 1.54) is 56.2 Å². The molecule has 2 bridgehead atoms. The van der Waals surface area contributed by atoms with Crippen LogP contribution in [0.4, 0.5) is 0 Å². The van der Waals surface area contributed by atoms with Crippen molar-refractivity contribution in [2.24, 2.45) is 17.8 Å². The fraction of sp³-hybridized carbons (Fsp3) is 0.684. The van der Waals surface area contributed by atoms with Crippen LogP contribution in [-0.2, 0) is 6.42 Å². The van der Waals surface area contributed by atoms with Crippen molar-refractivity contribution in [2.45, 2.75) is 58.4 Å². The molecule has 4 atom stereocenters. The third kappa shape index (κ3) is 3.09. The maximum Gasteiger partial charge on any atom is 0.0138 e. The van der Waals surface area contributed by atoms with Crippen LogP contribution in [0.5, 0.6) is 0 Å². The Bertz CT molecular complexity index is 422. The van der Waals surface area contributed by atoms with Crippen LogP contribution in [0.25, 0.3) is 0 Å². The summed E-state index contributed by atoms with van der Waals surface area (Å²) in [7, 11) is 0. The smallest absolute Gasteiger partial charge is 0.0138 e. The molecule has 2 saturated carbocycles. The van der Waals surface area contributed by atoms with Crippen molar-refractivity contribution in [3.05, 3.63) is 35.4 Å². The van der Waals surface area contributed by atoms with E-state index >= 15 is 0 Å². The van der Waals surface area contributed by atoms with Gasteiger partial charge in [0.1, 0.15) is 0 Å². The Labute approximate surface area is 124 Å². The lowest BCUT2D eigenvalue weighted by Crippen LogP contribution is -2.40. The fourth-order valence-electron chi connectivity index (χ4n) is 4.47. The largest absolute Gasteiger partial charge is 0.313 e. The van der Waals surface area contributed by atoms with Gasteiger partial charge in [0.2, 0.25) is 0 Å². The summed E-state index contributed by atoms with van der Waals surface area (Å²) in [6, 6.07) is 9.86. The number of nitrogens with one attached hydrogen (secondary N) is 1. The summed E-state index contributed by atoms with van der Waals surface area (Å²) in [5.41, 5.74) is 2.87. The van der Waals surface area contributed by atoms with Gasteiger partial charge in [-0.2, -0.15) is 0 Å². The molecule has 20 heavy (non-hydrogen) atoms. The highest BCUT2D eigenvalue weighted by Gasteiger charge is 2.42. The Kier molecular flexibility index (Phi) is 4.45. The van der Waals surface area contributed by atoms with Crippen LogP contribution in [0, 0.1) is 24.7 Å². The second-order valence-corrected chi connectivity index (χ2v) is 7.09. The van der Waals surface area contributed by atoms with Crippen LogP contribution >= 0.6 is 0 Å². The van der Waals surface area contributed by atoms with Crippen LogP contribution < -0.4 is 5.32 Å². The molecule has 0 amide bonds. The molecule has 1 N–H and O–H groups in total. The molecule has 0 spiro atoms. The lowest BCUT2D eigenvalue weighted by atomic mass is 9.81. The van der Waals surface area contributed by atoms with E-state index in [0.29, 0.717) is 6.04 Å². The molecule has 1 nitrogen and oxygen atoms in total. The zero-order valence-electron chi connectivity index (χ0n) is 13.1. The second-order valence-electron chi connectivity index (χ2n) is 7.09. The first-order valence-electron chi connectivity index (χ1n) is 8.55. The third-order valence-corrected chi connectivity index (χ3v) is 5.54. The van der Waals surface area contributed by atoms with Gasteiger partial charge < -0.3 is 5.32 Å². The van der Waals surface area contributed by atoms with Gasteiger partial charge in [-0.3, -0.25) is 0 Å². The summed E-state index contributed by atoms with van der Waals surface area (Å²) in [6.07, 6.45) is 8.46. The Hall–Kier alpha value is -0.820. The molecular weight excluding hydrogens is 242 g/mol. The molecule has 0 aromatic heterocycles. The van der Waals surface area contributed by atoms with Gasteiger partial charge in [-0.05, 0) is 68.9 Å². The molecule has 0 radical (unpaired) electrons. The standard InChI is InChI=1S/C19H29N/c1-3-10-20-19(13-15-6-4-14(2)5-7-15)18-12-16-8-9-17(18)11-16/h4-7,16-20H,3,8-13H2,1-2H3. The second kappa shape index (κ2) is 6.30. The minimum atomic E-state index is 0.702. The molecule has 3 rings (SSSR count). The molecule has 1 heteroatoms. The minimum absolute atomic E-state index is 0.702. The molecule has 0 heterocycles. The average molecular weight is 271 g/mol. The van der Waals surface area contributed by atoms with E-state index in [4.69, 9.17) is 0 Å². The predicted molar refractivity (Wildman–Crippen MR) is 85.9 cm³/mol. The molecule has 1 aromatic carbocycles. The lowest BCUT2D eigenvalue weighted by molar-refractivity contribution is 0.247. The highest BCUT2D eigenvalue weighted by Crippen LogP contribution is 2.49. The van der Waals surface area contributed by atoms with Gasteiger partial charge in [0, 0.05) is 6.04 Å². The third-order valence-electron chi connectivity index (χ3n) is 5.54. The summed E-state index contributed by atoms with van der Waals surface area (Å²) in [5, 5.41) is 3.86. The van der Waals surface area contributed by atoms with E-state index in [9.17, 15) is 0 Å². The van der Waals surface area contributed by atoms with Crippen LogP contribution in [0.2, 0.25) is 0 Å².